The van der Waals surface area contributed by atoms with E-state index in [-0.39, 0.29) is 23.2 Å². The highest BCUT2D eigenvalue weighted by molar-refractivity contribution is 8.21. The molecule has 1 aromatic heterocycles. The minimum Gasteiger partial charge on any atom is -0.453 e. The van der Waals surface area contributed by atoms with Crippen LogP contribution in [0.1, 0.15) is 56.3 Å². The number of ether oxygens (including phenoxy) is 1. The van der Waals surface area contributed by atoms with Crippen LogP contribution in [0.2, 0.25) is 0 Å². The molecule has 1 amide bonds. The van der Waals surface area contributed by atoms with Crippen molar-refractivity contribution in [3.63, 3.8) is 0 Å². The predicted octanol–water partition coefficient (Wildman–Crippen LogP) is 5.44. The summed E-state index contributed by atoms with van der Waals surface area (Å²) in [5.74, 6) is 2.49. The molecule has 4 aliphatic rings. The molecule has 1 aliphatic carbocycles. The van der Waals surface area contributed by atoms with E-state index in [9.17, 15) is 13.9 Å². The quantitative estimate of drug-likeness (QED) is 0.289. The van der Waals surface area contributed by atoms with Crippen molar-refractivity contribution in [1.82, 2.24) is 29.0 Å². The fourth-order valence-corrected chi connectivity index (χ4v) is 10.3. The molecule has 47 heavy (non-hydrogen) atoms. The molecule has 4 heterocycles. The van der Waals surface area contributed by atoms with E-state index in [1.165, 1.54) is 19.4 Å². The highest BCUT2D eigenvalue weighted by atomic mass is 32.3. The van der Waals surface area contributed by atoms with E-state index in [4.69, 9.17) is 4.74 Å². The smallest absolute Gasteiger partial charge is 0.407 e. The summed E-state index contributed by atoms with van der Waals surface area (Å²) in [5, 5.41) is 3.18. The molecule has 3 aliphatic heterocycles. The molecule has 262 valence electrons. The summed E-state index contributed by atoms with van der Waals surface area (Å²) >= 11 is 0. The number of alkyl carbamates (subject to hydrolysis) is 1. The molecule has 0 spiro atoms. The Morgan fingerprint density at radius 1 is 1.04 bits per heavy atom. The summed E-state index contributed by atoms with van der Waals surface area (Å²) in [6.45, 7) is 10.8. The topological polar surface area (TPSA) is 106 Å². The second-order valence-electron chi connectivity index (χ2n) is 14.8. The van der Waals surface area contributed by atoms with Crippen molar-refractivity contribution in [3.05, 3.63) is 53.9 Å². The Hall–Kier alpha value is -2.22. The molecule has 0 bridgehead atoms. The van der Waals surface area contributed by atoms with Gasteiger partial charge in [-0.25, -0.2) is 18.5 Å². The molecule has 3 N–H and O–H groups in total. The minimum atomic E-state index is -2.58. The SMILES string of the molecule is COC(=O)N[C@H]1CCC[C@@H]1[C@](Cn1ccnc1C)(c1cccc(F)c1)C1CCN(CC2CN(CC3CCN(S(C)(O)O)CC3)C2)CC1. The van der Waals surface area contributed by atoms with Crippen molar-refractivity contribution in [2.24, 2.45) is 23.7 Å². The van der Waals surface area contributed by atoms with Gasteiger partial charge in [0, 0.05) is 75.9 Å². The number of methoxy groups -OCH3 is 1. The highest BCUT2D eigenvalue weighted by Gasteiger charge is 2.52. The third-order valence-electron chi connectivity index (χ3n) is 11.8. The fraction of sp³-hybridized carbons (Fsp3) is 0.714. The van der Waals surface area contributed by atoms with Gasteiger partial charge in [-0.15, -0.1) is 10.8 Å². The summed E-state index contributed by atoms with van der Waals surface area (Å²) in [7, 11) is -1.17. The van der Waals surface area contributed by atoms with Gasteiger partial charge in [-0.3, -0.25) is 9.11 Å². The van der Waals surface area contributed by atoms with Crippen LogP contribution in [0.15, 0.2) is 36.7 Å². The number of amides is 1. The molecule has 2 aromatic rings. The second kappa shape index (κ2) is 14.7. The van der Waals surface area contributed by atoms with Crippen molar-refractivity contribution in [2.45, 2.75) is 69.9 Å². The van der Waals surface area contributed by atoms with Gasteiger partial charge < -0.3 is 24.4 Å². The lowest BCUT2D eigenvalue weighted by molar-refractivity contribution is 0.0205. The van der Waals surface area contributed by atoms with E-state index < -0.39 is 16.9 Å². The minimum absolute atomic E-state index is 0.0428. The summed E-state index contributed by atoms with van der Waals surface area (Å²) < 4.78 is 44.1. The van der Waals surface area contributed by atoms with Crippen LogP contribution in [0.3, 0.4) is 0 Å². The maximum atomic E-state index is 15.0. The summed E-state index contributed by atoms with van der Waals surface area (Å²) in [6, 6.07) is 7.18. The molecular weight excluding hydrogens is 619 g/mol. The second-order valence-corrected chi connectivity index (χ2v) is 16.9. The molecule has 3 saturated heterocycles. The number of benzene rings is 1. The van der Waals surface area contributed by atoms with Crippen LogP contribution >= 0.6 is 10.8 Å². The number of hydrogen-bond acceptors (Lipinski definition) is 8. The molecule has 1 aromatic carbocycles. The molecule has 0 radical (unpaired) electrons. The van der Waals surface area contributed by atoms with Crippen LogP contribution in [0.4, 0.5) is 9.18 Å². The van der Waals surface area contributed by atoms with E-state index in [0.717, 1.165) is 109 Å². The largest absolute Gasteiger partial charge is 0.453 e. The number of halogens is 1. The number of aromatic nitrogens is 2. The molecule has 10 nitrogen and oxygen atoms in total. The van der Waals surface area contributed by atoms with Crippen LogP contribution < -0.4 is 5.32 Å². The third kappa shape index (κ3) is 7.83. The Morgan fingerprint density at radius 2 is 1.77 bits per heavy atom. The van der Waals surface area contributed by atoms with Gasteiger partial charge >= 0.3 is 6.09 Å². The number of hydrogen-bond donors (Lipinski definition) is 3. The van der Waals surface area contributed by atoms with E-state index in [0.29, 0.717) is 24.3 Å². The Bertz CT molecular complexity index is 1340. The normalized spacial score (nSPS) is 26.2. The van der Waals surface area contributed by atoms with Gasteiger partial charge in [0.1, 0.15) is 11.6 Å². The average Bonchev–Trinajstić information content (AvgIpc) is 3.67. The first kappa shape index (κ1) is 34.6. The average molecular weight is 675 g/mol. The Morgan fingerprint density at radius 3 is 2.40 bits per heavy atom. The van der Waals surface area contributed by atoms with E-state index >= 15 is 4.39 Å². The zero-order valence-corrected chi connectivity index (χ0v) is 29.2. The summed E-state index contributed by atoms with van der Waals surface area (Å²) in [5.41, 5.74) is 0.646. The fourth-order valence-electron chi connectivity index (χ4n) is 9.42. The van der Waals surface area contributed by atoms with Gasteiger partial charge in [-0.1, -0.05) is 18.6 Å². The third-order valence-corrected chi connectivity index (χ3v) is 13.2. The number of carbonyl (C=O) groups is 1. The van der Waals surface area contributed by atoms with Crippen LogP contribution in [-0.4, -0.2) is 111 Å². The van der Waals surface area contributed by atoms with Crippen molar-refractivity contribution in [2.75, 3.05) is 65.7 Å². The molecule has 12 heteroatoms. The summed E-state index contributed by atoms with van der Waals surface area (Å²) in [4.78, 5) is 22.3. The Kier molecular flexibility index (Phi) is 10.8. The van der Waals surface area contributed by atoms with Gasteiger partial charge in [0.05, 0.1) is 7.11 Å². The summed E-state index contributed by atoms with van der Waals surface area (Å²) in [6.07, 6.45) is 12.0. The van der Waals surface area contributed by atoms with Crippen LogP contribution in [-0.2, 0) is 16.7 Å². The highest BCUT2D eigenvalue weighted by Crippen LogP contribution is 2.52. The molecule has 6 rings (SSSR count). The lowest BCUT2D eigenvalue weighted by Crippen LogP contribution is -2.57. The number of aryl methyl sites for hydroxylation is 1. The molecular formula is C35H55FN6O4S. The number of carbonyl (C=O) groups excluding carboxylic acids is 1. The maximum Gasteiger partial charge on any atom is 0.407 e. The Labute approximate surface area is 281 Å². The number of imidazole rings is 1. The van der Waals surface area contributed by atoms with Gasteiger partial charge in [0.2, 0.25) is 0 Å². The van der Waals surface area contributed by atoms with Gasteiger partial charge in [-0.05, 0) is 99.9 Å². The first-order valence-corrected chi connectivity index (χ1v) is 19.5. The molecule has 3 atom stereocenters. The number of piperidine rings is 2. The van der Waals surface area contributed by atoms with E-state index in [1.54, 1.807) is 6.07 Å². The number of likely N-dealkylation sites (tertiary alicyclic amines) is 2. The monoisotopic (exact) mass is 674 g/mol. The number of nitrogens with zero attached hydrogens (tertiary/aromatic N) is 5. The van der Waals surface area contributed by atoms with Gasteiger partial charge in [-0.2, -0.15) is 0 Å². The van der Waals surface area contributed by atoms with Crippen molar-refractivity contribution >= 4 is 16.9 Å². The molecule has 4 fully saturated rings. The lowest BCUT2D eigenvalue weighted by atomic mass is 9.58. The van der Waals surface area contributed by atoms with Crippen LogP contribution in [0.25, 0.3) is 0 Å². The zero-order chi connectivity index (χ0) is 33.2. The Balaban J connectivity index is 1.13. The van der Waals surface area contributed by atoms with Gasteiger partial charge in [0.15, 0.2) is 0 Å². The predicted molar refractivity (Wildman–Crippen MR) is 184 cm³/mol. The number of nitrogens with one attached hydrogen (secondary N) is 1. The zero-order valence-electron chi connectivity index (χ0n) is 28.4. The van der Waals surface area contributed by atoms with Crippen molar-refractivity contribution in [3.8, 4) is 0 Å². The van der Waals surface area contributed by atoms with Crippen molar-refractivity contribution in [1.29, 1.82) is 0 Å². The molecule has 0 unspecified atom stereocenters. The van der Waals surface area contributed by atoms with E-state index in [2.05, 4.69) is 30.7 Å². The first-order valence-electron chi connectivity index (χ1n) is 17.6. The van der Waals surface area contributed by atoms with Crippen LogP contribution in [0.5, 0.6) is 0 Å². The van der Waals surface area contributed by atoms with E-state index in [1.807, 2.05) is 29.7 Å². The van der Waals surface area contributed by atoms with Crippen molar-refractivity contribution < 1.29 is 23.0 Å². The lowest BCUT2D eigenvalue weighted by Gasteiger charge is -2.51. The first-order chi connectivity index (χ1) is 22.5. The van der Waals surface area contributed by atoms with Crippen LogP contribution in [0, 0.1) is 36.4 Å². The standard InChI is InChI=1S/C35H55FN6O4S/c1-26-37-14-19-41(26)25-35(30-6-4-7-31(36)20-30,32-8-5-9-33(32)38-34(43)46-2)29-12-15-39(16-13-29)22-28-23-40(24-28)21-27-10-17-42(18-11-27)47(3,44)45/h4,6-7,14,19-20,27-29,32-33,44-45H,5,8-13,15-18,21-25H2,1-3H3,(H,38,43)/t32-,33-,35-/m0/s1. The number of rotatable bonds is 11. The maximum absolute atomic E-state index is 15.0. The molecule has 1 saturated carbocycles. The van der Waals surface area contributed by atoms with Gasteiger partial charge in [0.25, 0.3) is 0 Å².